The molecule has 0 fully saturated rings. The van der Waals surface area contributed by atoms with Gasteiger partial charge in [0, 0.05) is 13.1 Å². The standard InChI is InChI=1S/C13H12ClN3O2/c1-16-13(19)6-12(14)17(9-18)8-11-5-3-2-4-10(11)7-15/h2-6,9H,8H2,1H3,(H,16,19)/b12-6-. The molecule has 0 unspecified atom stereocenters. The number of carbonyl (C=O) groups is 2. The van der Waals surface area contributed by atoms with Crippen molar-refractivity contribution in [3.63, 3.8) is 0 Å². The molecule has 0 saturated heterocycles. The van der Waals surface area contributed by atoms with E-state index >= 15 is 0 Å². The summed E-state index contributed by atoms with van der Waals surface area (Å²) in [6.45, 7) is 0.125. The van der Waals surface area contributed by atoms with Crippen molar-refractivity contribution < 1.29 is 9.59 Å². The molecule has 1 aromatic carbocycles. The van der Waals surface area contributed by atoms with Crippen LogP contribution in [-0.2, 0) is 16.1 Å². The smallest absolute Gasteiger partial charge is 0.246 e. The Bertz CT molecular complexity index is 549. The number of nitrogens with one attached hydrogen (secondary N) is 1. The molecule has 1 aromatic rings. The van der Waals surface area contributed by atoms with Crippen molar-refractivity contribution in [1.29, 1.82) is 5.26 Å². The molecule has 5 nitrogen and oxygen atoms in total. The van der Waals surface area contributed by atoms with Crippen LogP contribution in [0.25, 0.3) is 0 Å². The molecular formula is C13H12ClN3O2. The molecule has 0 bridgehead atoms. The van der Waals surface area contributed by atoms with Gasteiger partial charge in [0.2, 0.25) is 12.3 Å². The monoisotopic (exact) mass is 277 g/mol. The summed E-state index contributed by atoms with van der Waals surface area (Å²) in [6, 6.07) is 8.89. The number of nitriles is 1. The van der Waals surface area contributed by atoms with E-state index in [1.54, 1.807) is 24.3 Å². The lowest BCUT2D eigenvalue weighted by molar-refractivity contribution is -0.116. The van der Waals surface area contributed by atoms with Gasteiger partial charge in [0.1, 0.15) is 5.16 Å². The Morgan fingerprint density at radius 3 is 2.79 bits per heavy atom. The summed E-state index contributed by atoms with van der Waals surface area (Å²) >= 11 is 5.88. The highest BCUT2D eigenvalue weighted by atomic mass is 35.5. The molecule has 0 spiro atoms. The highest BCUT2D eigenvalue weighted by Gasteiger charge is 2.11. The summed E-state index contributed by atoms with van der Waals surface area (Å²) < 4.78 is 0. The van der Waals surface area contributed by atoms with Crippen molar-refractivity contribution in [2.75, 3.05) is 7.05 Å². The third kappa shape index (κ3) is 4.12. The van der Waals surface area contributed by atoms with Crippen molar-refractivity contribution >= 4 is 23.9 Å². The molecule has 0 aliphatic heterocycles. The second-order valence-electron chi connectivity index (χ2n) is 3.58. The van der Waals surface area contributed by atoms with Crippen LogP contribution in [0, 0.1) is 11.3 Å². The van der Waals surface area contributed by atoms with Gasteiger partial charge in [-0.1, -0.05) is 29.8 Å². The SMILES string of the molecule is CNC(=O)/C=C(/Cl)N(C=O)Cc1ccccc1C#N. The topological polar surface area (TPSA) is 73.2 Å². The maximum absolute atomic E-state index is 11.2. The van der Waals surface area contributed by atoms with E-state index in [0.29, 0.717) is 17.5 Å². The van der Waals surface area contributed by atoms with Gasteiger partial charge in [-0.2, -0.15) is 5.26 Å². The second kappa shape index (κ2) is 7.19. The van der Waals surface area contributed by atoms with Gasteiger partial charge < -0.3 is 10.2 Å². The average molecular weight is 278 g/mol. The van der Waals surface area contributed by atoms with Crippen molar-refractivity contribution in [2.24, 2.45) is 0 Å². The van der Waals surface area contributed by atoms with Crippen molar-refractivity contribution in [3.8, 4) is 6.07 Å². The fraction of sp³-hybridized carbons (Fsp3) is 0.154. The zero-order chi connectivity index (χ0) is 14.3. The molecule has 0 radical (unpaired) electrons. The molecule has 2 amide bonds. The summed E-state index contributed by atoms with van der Waals surface area (Å²) in [5, 5.41) is 11.3. The Hall–Kier alpha value is -2.32. The number of halogens is 1. The highest BCUT2D eigenvalue weighted by Crippen LogP contribution is 2.15. The van der Waals surface area contributed by atoms with Gasteiger partial charge in [-0.3, -0.25) is 9.59 Å². The van der Waals surface area contributed by atoms with Crippen molar-refractivity contribution in [1.82, 2.24) is 10.2 Å². The number of carbonyl (C=O) groups excluding carboxylic acids is 2. The van der Waals surface area contributed by atoms with E-state index < -0.39 is 5.91 Å². The number of benzene rings is 1. The molecule has 0 aromatic heterocycles. The molecule has 0 saturated carbocycles. The number of likely N-dealkylation sites (N-methyl/N-ethyl adjacent to an activating group) is 1. The Labute approximate surface area is 116 Å². The molecular weight excluding hydrogens is 266 g/mol. The van der Waals surface area contributed by atoms with Gasteiger partial charge in [-0.15, -0.1) is 0 Å². The fourth-order valence-electron chi connectivity index (χ4n) is 1.38. The van der Waals surface area contributed by atoms with Gasteiger partial charge in [0.15, 0.2) is 0 Å². The van der Waals surface area contributed by atoms with Crippen LogP contribution in [0.5, 0.6) is 0 Å². The number of rotatable bonds is 5. The van der Waals surface area contributed by atoms with Crippen LogP contribution in [-0.4, -0.2) is 24.3 Å². The van der Waals surface area contributed by atoms with Crippen LogP contribution < -0.4 is 5.32 Å². The molecule has 0 atom stereocenters. The summed E-state index contributed by atoms with van der Waals surface area (Å²) in [7, 11) is 1.46. The minimum atomic E-state index is -0.412. The Balaban J connectivity index is 2.95. The fourth-order valence-corrected chi connectivity index (χ4v) is 1.58. The summed E-state index contributed by atoms with van der Waals surface area (Å²) in [5.74, 6) is -0.412. The zero-order valence-electron chi connectivity index (χ0n) is 10.3. The van der Waals surface area contributed by atoms with E-state index in [9.17, 15) is 9.59 Å². The van der Waals surface area contributed by atoms with Crippen LogP contribution in [0.15, 0.2) is 35.5 Å². The third-order valence-electron chi connectivity index (χ3n) is 2.38. The van der Waals surface area contributed by atoms with E-state index in [1.807, 2.05) is 6.07 Å². The van der Waals surface area contributed by atoms with E-state index in [2.05, 4.69) is 5.32 Å². The van der Waals surface area contributed by atoms with Gasteiger partial charge in [-0.05, 0) is 11.6 Å². The number of amides is 2. The summed E-state index contributed by atoms with van der Waals surface area (Å²) in [6.07, 6.45) is 1.61. The molecule has 98 valence electrons. The normalized spacial score (nSPS) is 10.5. The lowest BCUT2D eigenvalue weighted by atomic mass is 10.1. The quantitative estimate of drug-likeness (QED) is 0.501. The van der Waals surface area contributed by atoms with E-state index in [-0.39, 0.29) is 11.7 Å². The molecule has 1 N–H and O–H groups in total. The number of hydrogen-bond donors (Lipinski definition) is 1. The van der Waals surface area contributed by atoms with Crippen molar-refractivity contribution in [2.45, 2.75) is 6.54 Å². The first-order valence-corrected chi connectivity index (χ1v) is 5.79. The van der Waals surface area contributed by atoms with Gasteiger partial charge in [0.25, 0.3) is 0 Å². The first kappa shape index (κ1) is 14.7. The van der Waals surface area contributed by atoms with Gasteiger partial charge in [0.05, 0.1) is 18.2 Å². The number of nitrogens with zero attached hydrogens (tertiary/aromatic N) is 2. The Morgan fingerprint density at radius 1 is 1.53 bits per heavy atom. The zero-order valence-corrected chi connectivity index (χ0v) is 11.0. The minimum absolute atomic E-state index is 0.0120. The minimum Gasteiger partial charge on any atom is -0.356 e. The lowest BCUT2D eigenvalue weighted by Gasteiger charge is -2.16. The first-order chi connectivity index (χ1) is 9.12. The van der Waals surface area contributed by atoms with E-state index in [4.69, 9.17) is 16.9 Å². The van der Waals surface area contributed by atoms with E-state index in [0.717, 1.165) is 11.0 Å². The maximum Gasteiger partial charge on any atom is 0.246 e. The van der Waals surface area contributed by atoms with Gasteiger partial charge >= 0.3 is 0 Å². The molecule has 1 rings (SSSR count). The molecule has 0 aliphatic rings. The summed E-state index contributed by atoms with van der Waals surface area (Å²) in [5.41, 5.74) is 1.11. The first-order valence-electron chi connectivity index (χ1n) is 5.41. The predicted molar refractivity (Wildman–Crippen MR) is 70.8 cm³/mol. The van der Waals surface area contributed by atoms with Crippen molar-refractivity contribution in [3.05, 3.63) is 46.6 Å². The molecule has 19 heavy (non-hydrogen) atoms. The molecule has 0 aliphatic carbocycles. The summed E-state index contributed by atoms with van der Waals surface area (Å²) in [4.78, 5) is 23.3. The van der Waals surface area contributed by atoms with Crippen LogP contribution in [0.1, 0.15) is 11.1 Å². The highest BCUT2D eigenvalue weighted by molar-refractivity contribution is 6.31. The Morgan fingerprint density at radius 2 is 2.21 bits per heavy atom. The van der Waals surface area contributed by atoms with Crippen LogP contribution in [0.3, 0.4) is 0 Å². The molecule has 6 heteroatoms. The Kier molecular flexibility index (Phi) is 5.58. The van der Waals surface area contributed by atoms with Crippen LogP contribution >= 0.6 is 11.6 Å². The van der Waals surface area contributed by atoms with Crippen LogP contribution in [0.2, 0.25) is 0 Å². The largest absolute Gasteiger partial charge is 0.356 e. The molecule has 0 heterocycles. The second-order valence-corrected chi connectivity index (χ2v) is 3.97. The predicted octanol–water partition coefficient (Wildman–Crippen LogP) is 1.34. The average Bonchev–Trinajstić information content (AvgIpc) is 2.44. The maximum atomic E-state index is 11.2. The van der Waals surface area contributed by atoms with E-state index in [1.165, 1.54) is 7.05 Å². The number of hydrogen-bond acceptors (Lipinski definition) is 3. The van der Waals surface area contributed by atoms with Crippen LogP contribution in [0.4, 0.5) is 0 Å². The lowest BCUT2D eigenvalue weighted by Crippen LogP contribution is -2.22. The third-order valence-corrected chi connectivity index (χ3v) is 2.70. The van der Waals surface area contributed by atoms with Gasteiger partial charge in [-0.25, -0.2) is 0 Å².